The van der Waals surface area contributed by atoms with Crippen LogP contribution in [0.1, 0.15) is 23.4 Å². The van der Waals surface area contributed by atoms with Gasteiger partial charge in [-0.3, -0.25) is 0 Å². The number of aromatic nitrogens is 2. The molecule has 1 atom stereocenters. The van der Waals surface area contributed by atoms with Gasteiger partial charge in [0.05, 0.1) is 6.54 Å². The summed E-state index contributed by atoms with van der Waals surface area (Å²) in [6, 6.07) is 9.30. The third-order valence-corrected chi connectivity index (χ3v) is 2.48. The van der Waals surface area contributed by atoms with Crippen molar-refractivity contribution in [1.29, 1.82) is 0 Å². The van der Waals surface area contributed by atoms with Gasteiger partial charge in [-0.25, -0.2) is 4.79 Å². The fraction of sp³-hybridized carbons (Fsp3) is 0.308. The number of benzene rings is 1. The molecular formula is C13H15N3O4. The van der Waals surface area contributed by atoms with Gasteiger partial charge in [-0.2, -0.15) is 4.98 Å². The molecule has 0 bridgehead atoms. The fourth-order valence-corrected chi connectivity index (χ4v) is 1.49. The molecule has 1 amide bonds. The normalized spacial score (nSPS) is 11.9. The lowest BCUT2D eigenvalue weighted by Gasteiger charge is -2.09. The Morgan fingerprint density at radius 3 is 2.85 bits per heavy atom. The van der Waals surface area contributed by atoms with E-state index in [2.05, 4.69) is 15.5 Å². The number of aryl methyl sites for hydroxylation is 1. The van der Waals surface area contributed by atoms with Gasteiger partial charge in [0.15, 0.2) is 11.9 Å². The Balaban J connectivity index is 1.72. The molecule has 2 aromatic rings. The predicted octanol–water partition coefficient (Wildman–Crippen LogP) is 1.34. The maximum Gasteiger partial charge on any atom is 0.407 e. The second kappa shape index (κ2) is 6.67. The molecule has 7 nitrogen and oxygen atoms in total. The number of hydrogen-bond acceptors (Lipinski definition) is 6. The third kappa shape index (κ3) is 4.06. The molecule has 1 heterocycles. The zero-order valence-corrected chi connectivity index (χ0v) is 10.9. The largest absolute Gasteiger partial charge is 0.445 e. The summed E-state index contributed by atoms with van der Waals surface area (Å²) in [6.45, 7) is 1.75. The number of hydrogen-bond donors (Lipinski definition) is 2. The lowest BCUT2D eigenvalue weighted by atomic mass is 10.2. The highest BCUT2D eigenvalue weighted by molar-refractivity contribution is 5.67. The molecule has 0 saturated carbocycles. The Morgan fingerprint density at radius 2 is 2.20 bits per heavy atom. The summed E-state index contributed by atoms with van der Waals surface area (Å²) >= 11 is 0. The number of nitrogens with zero attached hydrogens (tertiary/aromatic N) is 2. The molecule has 1 aromatic heterocycles. The van der Waals surface area contributed by atoms with E-state index in [1.54, 1.807) is 6.92 Å². The molecule has 0 fully saturated rings. The van der Waals surface area contributed by atoms with Crippen LogP contribution in [0.4, 0.5) is 4.79 Å². The minimum Gasteiger partial charge on any atom is -0.445 e. The molecule has 0 radical (unpaired) electrons. The Bertz CT molecular complexity index is 556. The number of aliphatic hydroxyl groups is 1. The van der Waals surface area contributed by atoms with Crippen molar-refractivity contribution in [1.82, 2.24) is 15.5 Å². The standard InChI is InChI=1S/C13H15N3O4/c1-9-15-12(20-16-9)11(17)7-14-13(18)19-8-10-5-3-2-4-6-10/h2-6,11,17H,7-8H2,1H3,(H,14,18). The molecule has 2 rings (SSSR count). The van der Waals surface area contributed by atoms with Gasteiger partial charge >= 0.3 is 6.09 Å². The van der Waals surface area contributed by atoms with E-state index >= 15 is 0 Å². The number of nitrogens with one attached hydrogen (secondary N) is 1. The average molecular weight is 277 g/mol. The average Bonchev–Trinajstić information content (AvgIpc) is 2.90. The quantitative estimate of drug-likeness (QED) is 0.855. The van der Waals surface area contributed by atoms with Gasteiger partial charge < -0.3 is 19.7 Å². The van der Waals surface area contributed by atoms with Crippen molar-refractivity contribution in [3.05, 3.63) is 47.6 Å². The van der Waals surface area contributed by atoms with Crippen LogP contribution < -0.4 is 5.32 Å². The van der Waals surface area contributed by atoms with Crippen molar-refractivity contribution in [3.8, 4) is 0 Å². The molecule has 1 unspecified atom stereocenters. The van der Waals surface area contributed by atoms with Crippen molar-refractivity contribution >= 4 is 6.09 Å². The number of carbonyl (C=O) groups is 1. The minimum absolute atomic E-state index is 0.0603. The van der Waals surface area contributed by atoms with Gasteiger partial charge in [0.25, 0.3) is 5.89 Å². The molecular weight excluding hydrogens is 262 g/mol. The van der Waals surface area contributed by atoms with Gasteiger partial charge in [0.2, 0.25) is 0 Å². The Hall–Kier alpha value is -2.41. The molecule has 20 heavy (non-hydrogen) atoms. The topological polar surface area (TPSA) is 97.5 Å². The summed E-state index contributed by atoms with van der Waals surface area (Å²) in [7, 11) is 0. The first-order chi connectivity index (χ1) is 9.65. The van der Waals surface area contributed by atoms with E-state index in [0.29, 0.717) is 5.82 Å². The van der Waals surface area contributed by atoms with E-state index in [1.165, 1.54) is 0 Å². The van der Waals surface area contributed by atoms with Crippen LogP contribution in [-0.4, -0.2) is 27.9 Å². The SMILES string of the molecule is Cc1noc(C(O)CNC(=O)OCc2ccccc2)n1. The van der Waals surface area contributed by atoms with Crippen molar-refractivity contribution in [3.63, 3.8) is 0 Å². The molecule has 0 spiro atoms. The highest BCUT2D eigenvalue weighted by Crippen LogP contribution is 2.08. The van der Waals surface area contributed by atoms with E-state index in [4.69, 9.17) is 9.26 Å². The van der Waals surface area contributed by atoms with Gasteiger partial charge in [-0.05, 0) is 12.5 Å². The Labute approximate surface area is 115 Å². The van der Waals surface area contributed by atoms with Crippen LogP contribution in [0.3, 0.4) is 0 Å². The summed E-state index contributed by atoms with van der Waals surface area (Å²) in [5.41, 5.74) is 0.885. The molecule has 0 aliphatic heterocycles. The summed E-state index contributed by atoms with van der Waals surface area (Å²) in [5, 5.41) is 15.7. The smallest absolute Gasteiger partial charge is 0.407 e. The summed E-state index contributed by atoms with van der Waals surface area (Å²) in [4.78, 5) is 15.3. The Kier molecular flexibility index (Phi) is 4.67. The molecule has 0 saturated heterocycles. The first kappa shape index (κ1) is 14.0. The van der Waals surface area contributed by atoms with E-state index in [1.807, 2.05) is 30.3 Å². The second-order valence-corrected chi connectivity index (χ2v) is 4.14. The first-order valence-corrected chi connectivity index (χ1v) is 6.08. The number of ether oxygens (including phenoxy) is 1. The predicted molar refractivity (Wildman–Crippen MR) is 68.6 cm³/mol. The molecule has 1 aromatic carbocycles. The van der Waals surface area contributed by atoms with E-state index in [9.17, 15) is 9.90 Å². The van der Waals surface area contributed by atoms with E-state index < -0.39 is 12.2 Å². The second-order valence-electron chi connectivity index (χ2n) is 4.14. The number of amides is 1. The third-order valence-electron chi connectivity index (χ3n) is 2.48. The van der Waals surface area contributed by atoms with E-state index in [0.717, 1.165) is 5.56 Å². The highest BCUT2D eigenvalue weighted by Gasteiger charge is 2.16. The fourth-order valence-electron chi connectivity index (χ4n) is 1.49. The number of aliphatic hydroxyl groups excluding tert-OH is 1. The lowest BCUT2D eigenvalue weighted by Crippen LogP contribution is -2.29. The van der Waals surface area contributed by atoms with Crippen LogP contribution in [0, 0.1) is 6.92 Å². The molecule has 2 N–H and O–H groups in total. The van der Waals surface area contributed by atoms with Crippen LogP contribution >= 0.6 is 0 Å². The monoisotopic (exact) mass is 277 g/mol. The number of carbonyl (C=O) groups excluding carboxylic acids is 1. The highest BCUT2D eigenvalue weighted by atomic mass is 16.5. The zero-order valence-electron chi connectivity index (χ0n) is 10.9. The number of alkyl carbamates (subject to hydrolysis) is 1. The molecule has 0 aliphatic carbocycles. The van der Waals surface area contributed by atoms with Crippen LogP contribution in [0.15, 0.2) is 34.9 Å². The molecule has 7 heteroatoms. The minimum atomic E-state index is -1.06. The van der Waals surface area contributed by atoms with Crippen LogP contribution in [0.2, 0.25) is 0 Å². The Morgan fingerprint density at radius 1 is 1.45 bits per heavy atom. The maximum atomic E-state index is 11.4. The van der Waals surface area contributed by atoms with Crippen molar-refractivity contribution in [2.24, 2.45) is 0 Å². The maximum absolute atomic E-state index is 11.4. The van der Waals surface area contributed by atoms with Crippen molar-refractivity contribution in [2.75, 3.05) is 6.54 Å². The lowest BCUT2D eigenvalue weighted by molar-refractivity contribution is 0.112. The first-order valence-electron chi connectivity index (χ1n) is 6.08. The summed E-state index contributed by atoms with van der Waals surface area (Å²) in [6.07, 6.45) is -1.68. The summed E-state index contributed by atoms with van der Waals surface area (Å²) in [5.74, 6) is 0.483. The van der Waals surface area contributed by atoms with Gasteiger partial charge in [-0.1, -0.05) is 35.5 Å². The molecule has 0 aliphatic rings. The van der Waals surface area contributed by atoms with Crippen LogP contribution in [0.25, 0.3) is 0 Å². The van der Waals surface area contributed by atoms with Crippen LogP contribution in [-0.2, 0) is 11.3 Å². The van der Waals surface area contributed by atoms with Crippen molar-refractivity contribution < 1.29 is 19.2 Å². The zero-order chi connectivity index (χ0) is 14.4. The van der Waals surface area contributed by atoms with Crippen LogP contribution in [0.5, 0.6) is 0 Å². The van der Waals surface area contributed by atoms with Gasteiger partial charge in [-0.15, -0.1) is 0 Å². The molecule has 106 valence electrons. The van der Waals surface area contributed by atoms with E-state index in [-0.39, 0.29) is 19.0 Å². The van der Waals surface area contributed by atoms with Gasteiger partial charge in [0, 0.05) is 0 Å². The summed E-state index contributed by atoms with van der Waals surface area (Å²) < 4.78 is 9.78. The van der Waals surface area contributed by atoms with Gasteiger partial charge in [0.1, 0.15) is 6.61 Å². The number of rotatable bonds is 5. The van der Waals surface area contributed by atoms with Crippen molar-refractivity contribution in [2.45, 2.75) is 19.6 Å².